The van der Waals surface area contributed by atoms with Crippen molar-refractivity contribution in [2.75, 3.05) is 20.2 Å². The number of carbonyl (C=O) groups is 1. The Morgan fingerprint density at radius 3 is 2.78 bits per heavy atom. The topological polar surface area (TPSA) is 115 Å². The average Bonchev–Trinajstić information content (AvgIpc) is 2.98. The summed E-state index contributed by atoms with van der Waals surface area (Å²) in [6, 6.07) is 3.18. The Labute approximate surface area is 133 Å². The maximum absolute atomic E-state index is 12.0. The van der Waals surface area contributed by atoms with E-state index in [1.54, 1.807) is 19.2 Å². The first-order valence-electron chi connectivity index (χ1n) is 6.69. The molecule has 23 heavy (non-hydrogen) atoms. The third kappa shape index (κ3) is 4.27. The number of rotatable bonds is 7. The summed E-state index contributed by atoms with van der Waals surface area (Å²) in [5.74, 6) is -0.189. The second-order valence-electron chi connectivity index (χ2n) is 4.59. The fourth-order valence-electron chi connectivity index (χ4n) is 1.78. The fraction of sp³-hybridized carbons (Fsp3) is 0.308. The molecular weight excluding hydrogens is 322 g/mol. The number of ether oxygens (including phenoxy) is 1. The number of aromatic nitrogens is 3. The van der Waals surface area contributed by atoms with E-state index in [0.717, 1.165) is 0 Å². The third-order valence-electron chi connectivity index (χ3n) is 2.87. The molecule has 2 N–H and O–H groups in total. The van der Waals surface area contributed by atoms with Crippen molar-refractivity contribution < 1.29 is 17.9 Å². The number of hydrogen-bond acceptors (Lipinski definition) is 6. The fourth-order valence-corrected chi connectivity index (χ4v) is 2.79. The zero-order valence-corrected chi connectivity index (χ0v) is 13.5. The molecule has 0 spiro atoms. The molecule has 2 rings (SSSR count). The predicted molar refractivity (Wildman–Crippen MR) is 81.5 cm³/mol. The molecule has 0 fully saturated rings. The number of nitrogens with zero attached hydrogens (tertiary/aromatic N) is 3. The second-order valence-corrected chi connectivity index (χ2v) is 6.31. The van der Waals surface area contributed by atoms with E-state index in [1.165, 1.54) is 30.4 Å². The molecule has 0 aliphatic heterocycles. The molecule has 0 aliphatic carbocycles. The summed E-state index contributed by atoms with van der Waals surface area (Å²) in [4.78, 5) is 19.7. The number of imidazole rings is 1. The molecule has 0 saturated heterocycles. The predicted octanol–water partition coefficient (Wildman–Crippen LogP) is -0.468. The van der Waals surface area contributed by atoms with Gasteiger partial charge < -0.3 is 14.6 Å². The van der Waals surface area contributed by atoms with E-state index in [0.29, 0.717) is 0 Å². The molecule has 0 bridgehead atoms. The molecule has 124 valence electrons. The quantitative estimate of drug-likeness (QED) is 0.659. The minimum absolute atomic E-state index is 0.0349. The van der Waals surface area contributed by atoms with Gasteiger partial charge in [-0.15, -0.1) is 0 Å². The largest absolute Gasteiger partial charge is 0.480 e. The molecule has 1 amide bonds. The number of sulfonamides is 1. The minimum Gasteiger partial charge on any atom is -0.480 e. The van der Waals surface area contributed by atoms with Gasteiger partial charge in [-0.1, -0.05) is 0 Å². The van der Waals surface area contributed by atoms with Crippen LogP contribution in [0.4, 0.5) is 0 Å². The molecule has 2 aromatic rings. The normalized spacial score (nSPS) is 11.2. The standard InChI is InChI=1S/C13H17N5O4S/c1-18-8-11(16-9-18)23(20,21)17-7-6-14-12(19)10-4-3-5-15-13(10)22-2/h3-5,8-9,17H,6-7H2,1-2H3,(H,14,19). The molecule has 2 aromatic heterocycles. The number of amides is 1. The molecule has 0 aliphatic rings. The van der Waals surface area contributed by atoms with E-state index in [2.05, 4.69) is 20.0 Å². The summed E-state index contributed by atoms with van der Waals surface area (Å²) >= 11 is 0. The van der Waals surface area contributed by atoms with E-state index in [9.17, 15) is 13.2 Å². The van der Waals surface area contributed by atoms with Crippen molar-refractivity contribution >= 4 is 15.9 Å². The maximum atomic E-state index is 12.0. The highest BCUT2D eigenvalue weighted by Crippen LogP contribution is 2.12. The molecule has 0 unspecified atom stereocenters. The third-order valence-corrected chi connectivity index (χ3v) is 4.21. The number of methoxy groups -OCH3 is 1. The molecule has 0 aromatic carbocycles. The van der Waals surface area contributed by atoms with Gasteiger partial charge in [0.05, 0.1) is 13.4 Å². The van der Waals surface area contributed by atoms with Crippen LogP contribution in [0.1, 0.15) is 10.4 Å². The molecule has 10 heteroatoms. The SMILES string of the molecule is COc1ncccc1C(=O)NCCNS(=O)(=O)c1cn(C)cn1. The van der Waals surface area contributed by atoms with Crippen LogP contribution in [0.5, 0.6) is 5.88 Å². The van der Waals surface area contributed by atoms with E-state index >= 15 is 0 Å². The van der Waals surface area contributed by atoms with E-state index < -0.39 is 15.9 Å². The van der Waals surface area contributed by atoms with E-state index in [4.69, 9.17) is 4.74 Å². The molecule has 9 nitrogen and oxygen atoms in total. The first-order valence-corrected chi connectivity index (χ1v) is 8.17. The van der Waals surface area contributed by atoms with Gasteiger partial charge in [-0.05, 0) is 12.1 Å². The van der Waals surface area contributed by atoms with Crippen molar-refractivity contribution in [1.82, 2.24) is 24.6 Å². The summed E-state index contributed by atoms with van der Waals surface area (Å²) in [5, 5.41) is 2.52. The van der Waals surface area contributed by atoms with Crippen LogP contribution in [0.3, 0.4) is 0 Å². The van der Waals surface area contributed by atoms with Gasteiger partial charge in [0, 0.05) is 32.5 Å². The summed E-state index contributed by atoms with van der Waals surface area (Å²) in [5.41, 5.74) is 0.280. The highest BCUT2D eigenvalue weighted by Gasteiger charge is 2.17. The van der Waals surface area contributed by atoms with Crippen molar-refractivity contribution in [3.05, 3.63) is 36.4 Å². The molecule has 0 saturated carbocycles. The van der Waals surface area contributed by atoms with Gasteiger partial charge in [0.15, 0.2) is 5.03 Å². The number of hydrogen-bond donors (Lipinski definition) is 2. The van der Waals surface area contributed by atoms with Crippen LogP contribution in [0.2, 0.25) is 0 Å². The van der Waals surface area contributed by atoms with Crippen molar-refractivity contribution in [1.29, 1.82) is 0 Å². The molecule has 2 heterocycles. The average molecular weight is 339 g/mol. The number of nitrogens with one attached hydrogen (secondary N) is 2. The Morgan fingerprint density at radius 2 is 2.13 bits per heavy atom. The molecular formula is C13H17N5O4S. The summed E-state index contributed by atoms with van der Waals surface area (Å²) < 4.78 is 32.7. The molecule has 0 radical (unpaired) electrons. The van der Waals surface area contributed by atoms with Gasteiger partial charge in [-0.25, -0.2) is 23.1 Å². The summed E-state index contributed by atoms with van der Waals surface area (Å²) in [6.45, 7) is 0.149. The van der Waals surface area contributed by atoms with E-state index in [-0.39, 0.29) is 29.6 Å². The molecule has 0 atom stereocenters. The highest BCUT2D eigenvalue weighted by molar-refractivity contribution is 7.89. The second kappa shape index (κ2) is 7.20. The lowest BCUT2D eigenvalue weighted by Gasteiger charge is -2.08. The van der Waals surface area contributed by atoms with Crippen LogP contribution in [0.25, 0.3) is 0 Å². The van der Waals surface area contributed by atoms with Crippen LogP contribution < -0.4 is 14.8 Å². The first-order chi connectivity index (χ1) is 10.9. The van der Waals surface area contributed by atoms with Crippen molar-refractivity contribution in [3.8, 4) is 5.88 Å². The van der Waals surface area contributed by atoms with E-state index in [1.807, 2.05) is 0 Å². The highest BCUT2D eigenvalue weighted by atomic mass is 32.2. The van der Waals surface area contributed by atoms with Gasteiger partial charge in [0.25, 0.3) is 15.9 Å². The number of pyridine rings is 1. The first kappa shape index (κ1) is 16.9. The van der Waals surface area contributed by atoms with Crippen molar-refractivity contribution in [2.45, 2.75) is 5.03 Å². The van der Waals surface area contributed by atoms with Crippen LogP contribution in [-0.2, 0) is 17.1 Å². The lowest BCUT2D eigenvalue weighted by atomic mass is 10.2. The van der Waals surface area contributed by atoms with Crippen LogP contribution in [0.15, 0.2) is 35.9 Å². The minimum atomic E-state index is -3.69. The van der Waals surface area contributed by atoms with Gasteiger partial charge in [-0.2, -0.15) is 0 Å². The zero-order valence-electron chi connectivity index (χ0n) is 12.7. The Morgan fingerprint density at radius 1 is 1.35 bits per heavy atom. The zero-order chi connectivity index (χ0) is 16.9. The Balaban J connectivity index is 1.87. The van der Waals surface area contributed by atoms with Crippen molar-refractivity contribution in [2.24, 2.45) is 7.05 Å². The Bertz CT molecular complexity index is 787. The number of carbonyl (C=O) groups excluding carboxylic acids is 1. The van der Waals surface area contributed by atoms with Crippen LogP contribution in [0, 0.1) is 0 Å². The maximum Gasteiger partial charge on any atom is 0.259 e. The lowest BCUT2D eigenvalue weighted by Crippen LogP contribution is -2.35. The van der Waals surface area contributed by atoms with Gasteiger partial charge in [0.1, 0.15) is 5.56 Å². The van der Waals surface area contributed by atoms with Crippen LogP contribution >= 0.6 is 0 Å². The van der Waals surface area contributed by atoms with Gasteiger partial charge in [-0.3, -0.25) is 4.79 Å². The lowest BCUT2D eigenvalue weighted by molar-refractivity contribution is 0.0950. The van der Waals surface area contributed by atoms with Crippen molar-refractivity contribution in [3.63, 3.8) is 0 Å². The monoisotopic (exact) mass is 339 g/mol. The summed E-state index contributed by atoms with van der Waals surface area (Å²) in [7, 11) is -0.594. The number of aryl methyl sites for hydroxylation is 1. The smallest absolute Gasteiger partial charge is 0.259 e. The Hall–Kier alpha value is -2.46. The van der Waals surface area contributed by atoms with Gasteiger partial charge >= 0.3 is 0 Å². The van der Waals surface area contributed by atoms with Crippen LogP contribution in [-0.4, -0.2) is 49.1 Å². The van der Waals surface area contributed by atoms with Gasteiger partial charge in [0.2, 0.25) is 5.88 Å². The Kier molecular flexibility index (Phi) is 5.29. The summed E-state index contributed by atoms with van der Waals surface area (Å²) in [6.07, 6.45) is 4.29.